The molecule has 5 nitrogen and oxygen atoms in total. The van der Waals surface area contributed by atoms with Gasteiger partial charge in [-0.1, -0.05) is 45.0 Å². The molecule has 0 saturated heterocycles. The molecule has 0 aliphatic rings. The number of benzene rings is 2. The van der Waals surface area contributed by atoms with Crippen LogP contribution in [0, 0.1) is 17.0 Å². The zero-order valence-electron chi connectivity index (χ0n) is 14.6. The van der Waals surface area contributed by atoms with Crippen LogP contribution in [0.4, 0.5) is 8.78 Å². The third kappa shape index (κ3) is 4.43. The maximum Gasteiger partial charge on any atom is 0.270 e. The van der Waals surface area contributed by atoms with Crippen LogP contribution in [-0.4, -0.2) is 17.0 Å². The van der Waals surface area contributed by atoms with Gasteiger partial charge in [-0.2, -0.15) is 0 Å². The molecule has 7 heteroatoms. The molecule has 26 heavy (non-hydrogen) atoms. The Morgan fingerprint density at radius 1 is 1.04 bits per heavy atom. The molecule has 1 atom stereocenters. The number of carbonyl (C=O) groups excluding carboxylic acids is 2. The second-order valence-electron chi connectivity index (χ2n) is 6.88. The van der Waals surface area contributed by atoms with E-state index in [1.807, 2.05) is 0 Å². The first-order valence-electron chi connectivity index (χ1n) is 7.94. The molecule has 138 valence electrons. The van der Waals surface area contributed by atoms with E-state index >= 15 is 0 Å². The van der Waals surface area contributed by atoms with Gasteiger partial charge >= 0.3 is 0 Å². The van der Waals surface area contributed by atoms with Crippen LogP contribution in [0.1, 0.15) is 32.4 Å². The zero-order chi connectivity index (χ0) is 19.5. The second-order valence-corrected chi connectivity index (χ2v) is 6.88. The van der Waals surface area contributed by atoms with Gasteiger partial charge in [0.15, 0.2) is 0 Å². The fourth-order valence-corrected chi connectivity index (χ4v) is 2.29. The van der Waals surface area contributed by atoms with Gasteiger partial charge in [0.1, 0.15) is 17.7 Å². The van der Waals surface area contributed by atoms with Crippen molar-refractivity contribution >= 4 is 11.8 Å². The lowest BCUT2D eigenvalue weighted by atomic mass is 9.94. The summed E-state index contributed by atoms with van der Waals surface area (Å²) in [7, 11) is 0. The molecule has 2 aromatic rings. The summed E-state index contributed by atoms with van der Waals surface area (Å²) in [6.07, 6.45) is 0. The molecule has 2 aromatic carbocycles. The molecule has 2 amide bonds. The molecule has 0 fully saturated rings. The molecule has 0 heterocycles. The largest absolute Gasteiger partial charge is 0.340 e. The van der Waals surface area contributed by atoms with Gasteiger partial charge in [-0.15, -0.1) is 0 Å². The van der Waals surface area contributed by atoms with E-state index in [2.05, 4.69) is 5.32 Å². The number of amides is 2. The summed E-state index contributed by atoms with van der Waals surface area (Å²) in [5.41, 5.74) is 1.89. The minimum atomic E-state index is -1.11. The lowest BCUT2D eigenvalue weighted by molar-refractivity contribution is -0.137. The highest BCUT2D eigenvalue weighted by atomic mass is 19.1. The molecule has 0 aromatic heterocycles. The van der Waals surface area contributed by atoms with Crippen LogP contribution in [0.2, 0.25) is 0 Å². The van der Waals surface area contributed by atoms with Gasteiger partial charge in [0.2, 0.25) is 5.91 Å². The minimum Gasteiger partial charge on any atom is -0.340 e. The van der Waals surface area contributed by atoms with Gasteiger partial charge in [0, 0.05) is 17.0 Å². The number of carbonyl (C=O) groups is 2. The van der Waals surface area contributed by atoms with Crippen LogP contribution in [-0.2, 0) is 9.59 Å². The van der Waals surface area contributed by atoms with E-state index in [0.717, 1.165) is 12.1 Å². The van der Waals surface area contributed by atoms with E-state index in [-0.39, 0.29) is 11.5 Å². The Balaban J connectivity index is 2.32. The number of nitrogens with one attached hydrogen (secondary N) is 2. The summed E-state index contributed by atoms with van der Waals surface area (Å²) in [6.45, 7) is 5.07. The fraction of sp³-hybridized carbons (Fsp3) is 0.263. The van der Waals surface area contributed by atoms with Crippen LogP contribution < -0.4 is 10.8 Å². The van der Waals surface area contributed by atoms with E-state index in [1.54, 1.807) is 32.9 Å². The predicted molar refractivity (Wildman–Crippen MR) is 92.1 cm³/mol. The SMILES string of the molecule is CC(C)(C)C(=O)NC(C(=O)NO)c1ccc(-c2ccc(F)cc2F)cc1. The minimum absolute atomic E-state index is 0.208. The van der Waals surface area contributed by atoms with Crippen molar-refractivity contribution in [2.24, 2.45) is 5.41 Å². The highest BCUT2D eigenvalue weighted by Crippen LogP contribution is 2.26. The van der Waals surface area contributed by atoms with Crippen molar-refractivity contribution in [3.63, 3.8) is 0 Å². The molecule has 2 rings (SSSR count). The Morgan fingerprint density at radius 3 is 2.15 bits per heavy atom. The fourth-order valence-electron chi connectivity index (χ4n) is 2.29. The Kier molecular flexibility index (Phi) is 5.72. The quantitative estimate of drug-likeness (QED) is 0.577. The lowest BCUT2D eigenvalue weighted by Gasteiger charge is -2.23. The van der Waals surface area contributed by atoms with Gasteiger partial charge in [-0.3, -0.25) is 14.8 Å². The molecule has 0 bridgehead atoms. The summed E-state index contributed by atoms with van der Waals surface area (Å²) in [6, 6.07) is 8.30. The van der Waals surface area contributed by atoms with Crippen LogP contribution in [0.5, 0.6) is 0 Å². The van der Waals surface area contributed by atoms with E-state index in [0.29, 0.717) is 11.1 Å². The van der Waals surface area contributed by atoms with Gasteiger partial charge in [0.05, 0.1) is 0 Å². The number of hydrogen-bond donors (Lipinski definition) is 3. The summed E-state index contributed by atoms with van der Waals surface area (Å²) in [5, 5.41) is 11.5. The lowest BCUT2D eigenvalue weighted by Crippen LogP contribution is -2.43. The molecular weight excluding hydrogens is 342 g/mol. The summed E-state index contributed by atoms with van der Waals surface area (Å²) in [5.74, 6) is -2.56. The maximum absolute atomic E-state index is 13.9. The first-order chi connectivity index (χ1) is 12.1. The van der Waals surface area contributed by atoms with E-state index in [9.17, 15) is 18.4 Å². The average molecular weight is 362 g/mol. The Morgan fingerprint density at radius 2 is 1.65 bits per heavy atom. The molecule has 0 saturated carbocycles. The Bertz CT molecular complexity index is 815. The monoisotopic (exact) mass is 362 g/mol. The molecule has 0 aliphatic heterocycles. The first-order valence-corrected chi connectivity index (χ1v) is 7.94. The topological polar surface area (TPSA) is 78.4 Å². The Hall–Kier alpha value is -2.80. The van der Waals surface area contributed by atoms with Crippen LogP contribution in [0.3, 0.4) is 0 Å². The first kappa shape index (κ1) is 19.5. The molecular formula is C19H20F2N2O3. The summed E-state index contributed by atoms with van der Waals surface area (Å²) < 4.78 is 26.9. The number of rotatable bonds is 4. The molecule has 3 N–H and O–H groups in total. The van der Waals surface area contributed by atoms with Crippen molar-refractivity contribution in [3.8, 4) is 11.1 Å². The average Bonchev–Trinajstić information content (AvgIpc) is 2.58. The molecule has 0 spiro atoms. The van der Waals surface area contributed by atoms with E-state index in [1.165, 1.54) is 23.7 Å². The van der Waals surface area contributed by atoms with Crippen LogP contribution in [0.15, 0.2) is 42.5 Å². The highest BCUT2D eigenvalue weighted by molar-refractivity contribution is 5.90. The molecule has 1 unspecified atom stereocenters. The Labute approximate surface area is 150 Å². The smallest absolute Gasteiger partial charge is 0.270 e. The van der Waals surface area contributed by atoms with E-state index < -0.39 is 29.0 Å². The van der Waals surface area contributed by atoms with Crippen LogP contribution in [0.25, 0.3) is 11.1 Å². The third-order valence-electron chi connectivity index (χ3n) is 3.82. The number of halogens is 2. The maximum atomic E-state index is 13.9. The van der Waals surface area contributed by atoms with Gasteiger partial charge in [0.25, 0.3) is 5.91 Å². The van der Waals surface area contributed by atoms with Crippen molar-refractivity contribution in [1.29, 1.82) is 0 Å². The molecule has 0 aliphatic carbocycles. The summed E-state index contributed by atoms with van der Waals surface area (Å²) in [4.78, 5) is 24.1. The number of hydrogen-bond acceptors (Lipinski definition) is 3. The van der Waals surface area contributed by atoms with Crippen LogP contribution >= 0.6 is 0 Å². The van der Waals surface area contributed by atoms with Crippen molar-refractivity contribution < 1.29 is 23.6 Å². The van der Waals surface area contributed by atoms with Crippen molar-refractivity contribution in [1.82, 2.24) is 10.8 Å². The van der Waals surface area contributed by atoms with Gasteiger partial charge in [-0.05, 0) is 23.3 Å². The van der Waals surface area contributed by atoms with Crippen molar-refractivity contribution in [3.05, 3.63) is 59.7 Å². The summed E-state index contributed by atoms with van der Waals surface area (Å²) >= 11 is 0. The van der Waals surface area contributed by atoms with Crippen molar-refractivity contribution in [2.45, 2.75) is 26.8 Å². The predicted octanol–water partition coefficient (Wildman–Crippen LogP) is 3.34. The third-order valence-corrected chi connectivity index (χ3v) is 3.82. The normalized spacial score (nSPS) is 12.4. The van der Waals surface area contributed by atoms with Gasteiger partial charge < -0.3 is 5.32 Å². The number of hydroxylamine groups is 1. The van der Waals surface area contributed by atoms with E-state index in [4.69, 9.17) is 5.21 Å². The highest BCUT2D eigenvalue weighted by Gasteiger charge is 2.28. The van der Waals surface area contributed by atoms with Crippen molar-refractivity contribution in [2.75, 3.05) is 0 Å². The standard InChI is InChI=1S/C19H20F2N2O3/c1-19(2,3)18(25)22-16(17(24)23-26)12-6-4-11(5-7-12)14-9-8-13(20)10-15(14)21/h4-10,16,26H,1-3H3,(H,22,25)(H,23,24). The second kappa shape index (κ2) is 7.61. The molecule has 0 radical (unpaired) electrons. The zero-order valence-corrected chi connectivity index (χ0v) is 14.6. The van der Waals surface area contributed by atoms with Gasteiger partial charge in [-0.25, -0.2) is 14.3 Å².